The summed E-state index contributed by atoms with van der Waals surface area (Å²) in [7, 11) is 0. The summed E-state index contributed by atoms with van der Waals surface area (Å²) in [6.45, 7) is 1.94. The number of thioether (sulfide) groups is 1. The number of carbonyl (C=O) groups is 2. The second kappa shape index (κ2) is 7.40. The maximum Gasteiger partial charge on any atom is 0.326 e. The van der Waals surface area contributed by atoms with E-state index in [0.717, 1.165) is 10.6 Å². The number of rotatable bonds is 7. The van der Waals surface area contributed by atoms with Crippen LogP contribution in [-0.4, -0.2) is 33.9 Å². The predicted octanol–water partition coefficient (Wildman–Crippen LogP) is 2.01. The van der Waals surface area contributed by atoms with Crippen molar-refractivity contribution >= 4 is 29.4 Å². The highest BCUT2D eigenvalue weighted by atomic mass is 32.2. The van der Waals surface area contributed by atoms with Gasteiger partial charge in [-0.05, 0) is 17.9 Å². The van der Waals surface area contributed by atoms with Gasteiger partial charge in [-0.25, -0.2) is 4.79 Å². The van der Waals surface area contributed by atoms with Gasteiger partial charge in [-0.15, -0.1) is 11.8 Å². The summed E-state index contributed by atoms with van der Waals surface area (Å²) in [6.07, 6.45) is -0.564. The van der Waals surface area contributed by atoms with Crippen molar-refractivity contribution in [2.75, 3.05) is 11.1 Å². The molecule has 7 heteroatoms. The van der Waals surface area contributed by atoms with E-state index in [1.807, 2.05) is 13.0 Å². The zero-order valence-electron chi connectivity index (χ0n) is 10.8. The molecular formula is C13H14N2O4S. The van der Waals surface area contributed by atoms with Gasteiger partial charge in [0, 0.05) is 4.90 Å². The number of hydrogen-bond donors (Lipinski definition) is 3. The van der Waals surface area contributed by atoms with Gasteiger partial charge in [0.1, 0.15) is 12.1 Å². The van der Waals surface area contributed by atoms with E-state index >= 15 is 0 Å². The minimum atomic E-state index is -1.28. The van der Waals surface area contributed by atoms with Crippen LogP contribution in [0.15, 0.2) is 23.1 Å². The first kappa shape index (κ1) is 15.9. The Morgan fingerprint density at radius 2 is 2.15 bits per heavy atom. The van der Waals surface area contributed by atoms with E-state index in [2.05, 4.69) is 5.32 Å². The largest absolute Gasteiger partial charge is 0.481 e. The lowest BCUT2D eigenvalue weighted by atomic mass is 10.1. The lowest BCUT2D eigenvalue weighted by Gasteiger charge is -2.16. The lowest BCUT2D eigenvalue weighted by molar-refractivity contribution is -0.144. The molecule has 0 heterocycles. The SMILES string of the molecule is CCSc1cccc(NC(CC(=O)O)C(=O)O)c1C#N. The Bertz CT molecular complexity index is 554. The summed E-state index contributed by atoms with van der Waals surface area (Å²) in [5, 5.41) is 29.5. The molecule has 1 aromatic rings. The van der Waals surface area contributed by atoms with Gasteiger partial charge in [-0.3, -0.25) is 4.79 Å². The zero-order chi connectivity index (χ0) is 15.1. The highest BCUT2D eigenvalue weighted by Gasteiger charge is 2.22. The number of aliphatic carboxylic acids is 2. The van der Waals surface area contributed by atoms with E-state index in [9.17, 15) is 14.9 Å². The monoisotopic (exact) mass is 294 g/mol. The van der Waals surface area contributed by atoms with Crippen LogP contribution in [0, 0.1) is 11.3 Å². The van der Waals surface area contributed by atoms with Crippen molar-refractivity contribution in [3.8, 4) is 6.07 Å². The molecule has 0 spiro atoms. The molecule has 0 aliphatic heterocycles. The molecule has 3 N–H and O–H groups in total. The third-order valence-corrected chi connectivity index (χ3v) is 3.38. The van der Waals surface area contributed by atoms with Crippen molar-refractivity contribution in [3.05, 3.63) is 23.8 Å². The Morgan fingerprint density at radius 3 is 2.65 bits per heavy atom. The third-order valence-electron chi connectivity index (χ3n) is 2.44. The molecular weight excluding hydrogens is 280 g/mol. The lowest BCUT2D eigenvalue weighted by Crippen LogP contribution is -2.32. The molecule has 0 radical (unpaired) electrons. The zero-order valence-corrected chi connectivity index (χ0v) is 11.6. The highest BCUT2D eigenvalue weighted by Crippen LogP contribution is 2.28. The second-order valence-corrected chi connectivity index (χ2v) is 5.16. The number of carboxylic acid groups (broad SMARTS) is 2. The molecule has 1 unspecified atom stereocenters. The van der Waals surface area contributed by atoms with E-state index in [4.69, 9.17) is 10.2 Å². The van der Waals surface area contributed by atoms with Gasteiger partial charge < -0.3 is 15.5 Å². The van der Waals surface area contributed by atoms with E-state index < -0.39 is 24.4 Å². The molecule has 1 rings (SSSR count). The molecule has 0 saturated heterocycles. The first-order valence-electron chi connectivity index (χ1n) is 5.86. The number of nitriles is 1. The number of anilines is 1. The van der Waals surface area contributed by atoms with Gasteiger partial charge in [-0.2, -0.15) is 5.26 Å². The summed E-state index contributed by atoms with van der Waals surface area (Å²) in [5.41, 5.74) is 0.663. The van der Waals surface area contributed by atoms with E-state index in [-0.39, 0.29) is 0 Å². The van der Waals surface area contributed by atoms with Crippen LogP contribution >= 0.6 is 11.8 Å². The number of benzene rings is 1. The van der Waals surface area contributed by atoms with Crippen molar-refractivity contribution in [1.29, 1.82) is 5.26 Å². The topological polar surface area (TPSA) is 110 Å². The normalized spacial score (nSPS) is 11.4. The summed E-state index contributed by atoms with van der Waals surface area (Å²) in [5.74, 6) is -1.72. The summed E-state index contributed by atoms with van der Waals surface area (Å²) >= 11 is 1.46. The molecule has 1 aromatic carbocycles. The van der Waals surface area contributed by atoms with Gasteiger partial charge >= 0.3 is 11.9 Å². The molecule has 0 fully saturated rings. The molecule has 0 bridgehead atoms. The molecule has 0 aromatic heterocycles. The van der Waals surface area contributed by atoms with Crippen LogP contribution in [0.5, 0.6) is 0 Å². The van der Waals surface area contributed by atoms with Gasteiger partial charge in [0.25, 0.3) is 0 Å². The van der Waals surface area contributed by atoms with Crippen LogP contribution in [0.25, 0.3) is 0 Å². The van der Waals surface area contributed by atoms with Crippen molar-refractivity contribution in [3.63, 3.8) is 0 Å². The maximum absolute atomic E-state index is 11.0. The van der Waals surface area contributed by atoms with Crippen molar-refractivity contribution in [2.45, 2.75) is 24.3 Å². The Balaban J connectivity index is 3.06. The Morgan fingerprint density at radius 1 is 1.45 bits per heavy atom. The number of hydrogen-bond acceptors (Lipinski definition) is 5. The standard InChI is InChI=1S/C13H14N2O4S/c1-2-20-11-5-3-4-9(8(11)7-14)15-10(13(18)19)6-12(16)17/h3-5,10,15H,2,6H2,1H3,(H,16,17)(H,18,19). The Kier molecular flexibility index (Phi) is 5.87. The molecule has 0 aliphatic carbocycles. The first-order valence-corrected chi connectivity index (χ1v) is 6.85. The van der Waals surface area contributed by atoms with E-state index in [1.165, 1.54) is 11.8 Å². The smallest absolute Gasteiger partial charge is 0.326 e. The minimum absolute atomic E-state index is 0.330. The fraction of sp³-hybridized carbons (Fsp3) is 0.308. The average Bonchev–Trinajstić information content (AvgIpc) is 2.38. The first-order chi connectivity index (χ1) is 9.49. The third kappa shape index (κ3) is 4.17. The highest BCUT2D eigenvalue weighted by molar-refractivity contribution is 7.99. The van der Waals surface area contributed by atoms with Crippen LogP contribution in [-0.2, 0) is 9.59 Å². The Hall–Kier alpha value is -2.20. The fourth-order valence-electron chi connectivity index (χ4n) is 1.60. The van der Waals surface area contributed by atoms with Crippen molar-refractivity contribution < 1.29 is 19.8 Å². The molecule has 0 saturated carbocycles. The molecule has 1 atom stereocenters. The van der Waals surface area contributed by atoms with Gasteiger partial charge in [0.15, 0.2) is 0 Å². The summed E-state index contributed by atoms with van der Waals surface area (Å²) in [4.78, 5) is 22.4. The molecule has 6 nitrogen and oxygen atoms in total. The van der Waals surface area contributed by atoms with Crippen molar-refractivity contribution in [2.24, 2.45) is 0 Å². The number of nitrogens with one attached hydrogen (secondary N) is 1. The average molecular weight is 294 g/mol. The van der Waals surface area contributed by atoms with Crippen LogP contribution in [0.3, 0.4) is 0 Å². The van der Waals surface area contributed by atoms with Gasteiger partial charge in [-0.1, -0.05) is 13.0 Å². The Labute approximate surface area is 120 Å². The van der Waals surface area contributed by atoms with Gasteiger partial charge in [0.05, 0.1) is 17.7 Å². The van der Waals surface area contributed by atoms with Crippen LogP contribution in [0.1, 0.15) is 18.9 Å². The summed E-state index contributed by atoms with van der Waals surface area (Å²) in [6, 6.07) is 5.78. The maximum atomic E-state index is 11.0. The van der Waals surface area contributed by atoms with E-state index in [0.29, 0.717) is 11.3 Å². The van der Waals surface area contributed by atoms with Crippen LogP contribution in [0.4, 0.5) is 5.69 Å². The van der Waals surface area contributed by atoms with Crippen LogP contribution < -0.4 is 5.32 Å². The number of carboxylic acids is 2. The second-order valence-electron chi connectivity index (χ2n) is 3.86. The quantitative estimate of drug-likeness (QED) is 0.660. The van der Waals surface area contributed by atoms with Crippen molar-refractivity contribution in [1.82, 2.24) is 0 Å². The number of nitrogens with zero attached hydrogens (tertiary/aromatic N) is 1. The van der Waals surface area contributed by atoms with Gasteiger partial charge in [0.2, 0.25) is 0 Å². The minimum Gasteiger partial charge on any atom is -0.481 e. The molecule has 0 aliphatic rings. The predicted molar refractivity (Wildman–Crippen MR) is 74.9 cm³/mol. The molecule has 106 valence electrons. The van der Waals surface area contributed by atoms with Crippen LogP contribution in [0.2, 0.25) is 0 Å². The van der Waals surface area contributed by atoms with E-state index in [1.54, 1.807) is 18.2 Å². The fourth-order valence-corrected chi connectivity index (χ4v) is 2.39. The molecule has 0 amide bonds. The molecule has 20 heavy (non-hydrogen) atoms. The summed E-state index contributed by atoms with van der Waals surface area (Å²) < 4.78 is 0.